The number of nitrogens with zero attached hydrogens (tertiary/aromatic N) is 3. The lowest BCUT2D eigenvalue weighted by atomic mass is 10.2. The Balaban J connectivity index is 0.00000242. The van der Waals surface area contributed by atoms with Crippen LogP contribution in [0.2, 0.25) is 0 Å². The van der Waals surface area contributed by atoms with Gasteiger partial charge in [-0.1, -0.05) is 18.2 Å². The van der Waals surface area contributed by atoms with Crippen LogP contribution in [-0.2, 0) is 4.84 Å². The highest BCUT2D eigenvalue weighted by molar-refractivity contribution is 8.93. The lowest BCUT2D eigenvalue weighted by molar-refractivity contribution is -0.156. The van der Waals surface area contributed by atoms with Crippen LogP contribution in [0.3, 0.4) is 0 Å². The molecule has 122 valence electrons. The van der Waals surface area contributed by atoms with E-state index in [0.717, 1.165) is 12.2 Å². The van der Waals surface area contributed by atoms with E-state index in [0.29, 0.717) is 6.61 Å². The van der Waals surface area contributed by atoms with Crippen molar-refractivity contribution in [3.8, 4) is 0 Å². The standard InChI is InChI=1S/C14H21N5OS.BrH/c1-14(2)18-12(15)17-13(16)19(14)20-9-6-10-21-11-7-4-3-5-8-11;/h3-5,7-8H,6,9-10H2,1-2H3,(H4,15,16,17,18);1H. The average molecular weight is 388 g/mol. The zero-order valence-electron chi connectivity index (χ0n) is 12.7. The van der Waals surface area contributed by atoms with Crippen LogP contribution < -0.4 is 11.5 Å². The van der Waals surface area contributed by atoms with Crippen LogP contribution in [-0.4, -0.2) is 35.0 Å². The number of hydrogen-bond acceptors (Lipinski definition) is 7. The summed E-state index contributed by atoms with van der Waals surface area (Å²) in [7, 11) is 0. The monoisotopic (exact) mass is 387 g/mol. The Morgan fingerprint density at radius 1 is 1.23 bits per heavy atom. The van der Waals surface area contributed by atoms with E-state index < -0.39 is 5.66 Å². The average Bonchev–Trinajstić information content (AvgIpc) is 2.41. The molecule has 0 amide bonds. The Morgan fingerprint density at radius 3 is 2.55 bits per heavy atom. The van der Waals surface area contributed by atoms with Gasteiger partial charge >= 0.3 is 0 Å². The molecular weight excluding hydrogens is 366 g/mol. The third-order valence-corrected chi connectivity index (χ3v) is 3.94. The van der Waals surface area contributed by atoms with Crippen molar-refractivity contribution in [1.82, 2.24) is 5.06 Å². The SMILES string of the molecule is Br.CC1(C)N=C(N)N=C(N)N1OCCCSc1ccccc1. The fourth-order valence-electron chi connectivity index (χ4n) is 1.94. The molecule has 2 rings (SSSR count). The van der Waals surface area contributed by atoms with Crippen molar-refractivity contribution >= 4 is 40.7 Å². The van der Waals surface area contributed by atoms with Gasteiger partial charge in [-0.05, 0) is 32.4 Å². The summed E-state index contributed by atoms with van der Waals surface area (Å²) in [6, 6.07) is 10.3. The number of hydroxylamine groups is 2. The number of benzene rings is 1. The number of hydrogen-bond donors (Lipinski definition) is 2. The molecule has 0 saturated carbocycles. The van der Waals surface area contributed by atoms with Gasteiger partial charge in [0, 0.05) is 10.6 Å². The van der Waals surface area contributed by atoms with Gasteiger partial charge in [-0.3, -0.25) is 4.84 Å². The topological polar surface area (TPSA) is 89.2 Å². The van der Waals surface area contributed by atoms with Crippen molar-refractivity contribution in [1.29, 1.82) is 0 Å². The minimum atomic E-state index is -0.636. The van der Waals surface area contributed by atoms with E-state index in [4.69, 9.17) is 16.3 Å². The number of guanidine groups is 2. The molecule has 1 aliphatic rings. The van der Waals surface area contributed by atoms with Crippen LogP contribution in [0, 0.1) is 0 Å². The smallest absolute Gasteiger partial charge is 0.226 e. The van der Waals surface area contributed by atoms with E-state index >= 15 is 0 Å². The van der Waals surface area contributed by atoms with Gasteiger partial charge in [0.15, 0.2) is 5.66 Å². The molecule has 22 heavy (non-hydrogen) atoms. The molecule has 6 nitrogen and oxygen atoms in total. The van der Waals surface area contributed by atoms with Gasteiger partial charge in [-0.2, -0.15) is 10.1 Å². The van der Waals surface area contributed by atoms with Crippen LogP contribution in [0.15, 0.2) is 45.2 Å². The van der Waals surface area contributed by atoms with E-state index in [-0.39, 0.29) is 28.9 Å². The maximum Gasteiger partial charge on any atom is 0.226 e. The van der Waals surface area contributed by atoms with E-state index in [1.54, 1.807) is 11.8 Å². The summed E-state index contributed by atoms with van der Waals surface area (Å²) in [6.45, 7) is 4.30. The highest BCUT2D eigenvalue weighted by Crippen LogP contribution is 2.21. The Labute approximate surface area is 145 Å². The third-order valence-electron chi connectivity index (χ3n) is 2.84. The Hall–Kier alpha value is -1.25. The van der Waals surface area contributed by atoms with Gasteiger partial charge < -0.3 is 11.5 Å². The highest BCUT2D eigenvalue weighted by Gasteiger charge is 2.32. The summed E-state index contributed by atoms with van der Waals surface area (Å²) in [5, 5.41) is 1.51. The van der Waals surface area contributed by atoms with E-state index in [1.165, 1.54) is 9.96 Å². The summed E-state index contributed by atoms with van der Waals surface area (Å²) >= 11 is 1.80. The fourth-order valence-corrected chi connectivity index (χ4v) is 2.79. The molecule has 1 heterocycles. The molecule has 0 atom stereocenters. The van der Waals surface area contributed by atoms with E-state index in [9.17, 15) is 0 Å². The summed E-state index contributed by atoms with van der Waals surface area (Å²) in [6.07, 6.45) is 0.901. The molecule has 1 aliphatic heterocycles. The molecular formula is C14H22BrN5OS. The first-order valence-electron chi connectivity index (χ1n) is 6.79. The number of nitrogens with two attached hydrogens (primary N) is 2. The number of halogens is 1. The summed E-state index contributed by atoms with van der Waals surface area (Å²) in [4.78, 5) is 15.1. The minimum absolute atomic E-state index is 0. The first kappa shape index (κ1) is 18.8. The molecule has 0 fully saturated rings. The van der Waals surface area contributed by atoms with Crippen molar-refractivity contribution < 1.29 is 4.84 Å². The molecule has 1 aromatic carbocycles. The van der Waals surface area contributed by atoms with E-state index in [1.807, 2.05) is 32.0 Å². The van der Waals surface area contributed by atoms with Crippen LogP contribution in [0.25, 0.3) is 0 Å². The Kier molecular flexibility index (Phi) is 7.18. The molecule has 0 radical (unpaired) electrons. The first-order chi connectivity index (χ1) is 9.99. The fraction of sp³-hybridized carbons (Fsp3) is 0.429. The van der Waals surface area contributed by atoms with Crippen LogP contribution >= 0.6 is 28.7 Å². The molecule has 0 saturated heterocycles. The number of rotatable bonds is 6. The van der Waals surface area contributed by atoms with Gasteiger partial charge in [-0.25, -0.2) is 4.99 Å². The zero-order valence-corrected chi connectivity index (χ0v) is 15.3. The van der Waals surface area contributed by atoms with Gasteiger partial charge in [0.05, 0.1) is 6.61 Å². The third kappa shape index (κ3) is 5.19. The Bertz CT molecular complexity index is 535. The second-order valence-corrected chi connectivity index (χ2v) is 6.25. The van der Waals surface area contributed by atoms with Crippen molar-refractivity contribution in [2.75, 3.05) is 12.4 Å². The summed E-state index contributed by atoms with van der Waals surface area (Å²) in [5.41, 5.74) is 10.8. The lowest BCUT2D eigenvalue weighted by Gasteiger charge is -2.36. The quantitative estimate of drug-likeness (QED) is 0.577. The Morgan fingerprint density at radius 2 is 1.91 bits per heavy atom. The molecule has 1 aromatic rings. The lowest BCUT2D eigenvalue weighted by Crippen LogP contribution is -2.53. The molecule has 8 heteroatoms. The van der Waals surface area contributed by atoms with Crippen molar-refractivity contribution in [3.05, 3.63) is 30.3 Å². The molecule has 4 N–H and O–H groups in total. The van der Waals surface area contributed by atoms with Crippen LogP contribution in [0.5, 0.6) is 0 Å². The number of aliphatic imine (C=N–C) groups is 2. The largest absolute Gasteiger partial charge is 0.368 e. The molecule has 0 spiro atoms. The summed E-state index contributed by atoms with van der Waals surface area (Å²) in [5.74, 6) is 1.39. The number of thioether (sulfide) groups is 1. The van der Waals surface area contributed by atoms with E-state index in [2.05, 4.69) is 22.1 Å². The zero-order chi connectivity index (χ0) is 15.3. The second-order valence-electron chi connectivity index (χ2n) is 5.08. The normalized spacial score (nSPS) is 16.5. The first-order valence-corrected chi connectivity index (χ1v) is 7.78. The van der Waals surface area contributed by atoms with Gasteiger partial charge in [-0.15, -0.1) is 28.7 Å². The molecule has 0 bridgehead atoms. The second kappa shape index (κ2) is 8.40. The van der Waals surface area contributed by atoms with Crippen molar-refractivity contribution in [2.45, 2.75) is 30.8 Å². The van der Waals surface area contributed by atoms with Gasteiger partial charge in [0.25, 0.3) is 0 Å². The van der Waals surface area contributed by atoms with Crippen LogP contribution in [0.4, 0.5) is 0 Å². The molecule has 0 aliphatic carbocycles. The highest BCUT2D eigenvalue weighted by atomic mass is 79.9. The maximum atomic E-state index is 5.84. The van der Waals surface area contributed by atoms with Crippen LogP contribution in [0.1, 0.15) is 20.3 Å². The predicted molar refractivity (Wildman–Crippen MR) is 97.2 cm³/mol. The van der Waals surface area contributed by atoms with Gasteiger partial charge in [0.1, 0.15) is 0 Å². The summed E-state index contributed by atoms with van der Waals surface area (Å²) < 4.78 is 0. The molecule has 0 unspecified atom stereocenters. The predicted octanol–water partition coefficient (Wildman–Crippen LogP) is 2.36. The minimum Gasteiger partial charge on any atom is -0.368 e. The van der Waals surface area contributed by atoms with Crippen molar-refractivity contribution in [2.24, 2.45) is 21.5 Å². The van der Waals surface area contributed by atoms with Gasteiger partial charge in [0.2, 0.25) is 11.9 Å². The maximum absolute atomic E-state index is 5.84. The molecule has 0 aromatic heterocycles. The van der Waals surface area contributed by atoms with Crippen molar-refractivity contribution in [3.63, 3.8) is 0 Å².